The lowest BCUT2D eigenvalue weighted by atomic mass is 10.2. The number of rotatable bonds is 6. The standard InChI is InChI=1S/C20H17ClN2O5S/c1-27-15-6-4-3-5-12(15)9-17-19(25)23(20(26)29-17)11-18(24)22-13-7-8-16(28-2)14(21)10-13/h3-10H,11H2,1-2H3,(H,22,24)/b17-9-. The fourth-order valence-corrected chi connectivity index (χ4v) is 3.74. The van der Waals surface area contributed by atoms with Gasteiger partial charge in [0.15, 0.2) is 0 Å². The van der Waals surface area contributed by atoms with Crippen LogP contribution in [0, 0.1) is 0 Å². The van der Waals surface area contributed by atoms with Crippen molar-refractivity contribution in [2.24, 2.45) is 0 Å². The summed E-state index contributed by atoms with van der Waals surface area (Å²) < 4.78 is 10.3. The number of halogens is 1. The van der Waals surface area contributed by atoms with Crippen LogP contribution in [0.1, 0.15) is 5.56 Å². The van der Waals surface area contributed by atoms with E-state index < -0.39 is 23.6 Å². The van der Waals surface area contributed by atoms with Crippen molar-refractivity contribution in [2.45, 2.75) is 0 Å². The summed E-state index contributed by atoms with van der Waals surface area (Å²) in [5.41, 5.74) is 1.09. The van der Waals surface area contributed by atoms with Crippen molar-refractivity contribution >= 4 is 52.2 Å². The van der Waals surface area contributed by atoms with E-state index >= 15 is 0 Å². The molecular weight excluding hydrogens is 416 g/mol. The molecule has 1 heterocycles. The zero-order valence-electron chi connectivity index (χ0n) is 15.6. The fourth-order valence-electron chi connectivity index (χ4n) is 2.65. The van der Waals surface area contributed by atoms with Gasteiger partial charge in [0.05, 0.1) is 24.1 Å². The van der Waals surface area contributed by atoms with E-state index in [0.29, 0.717) is 27.8 Å². The van der Waals surface area contributed by atoms with Gasteiger partial charge < -0.3 is 14.8 Å². The number of hydrogen-bond acceptors (Lipinski definition) is 6. The first-order valence-corrected chi connectivity index (χ1v) is 9.64. The van der Waals surface area contributed by atoms with Crippen LogP contribution in [-0.4, -0.2) is 42.7 Å². The topological polar surface area (TPSA) is 84.9 Å². The van der Waals surface area contributed by atoms with Crippen LogP contribution in [0.3, 0.4) is 0 Å². The van der Waals surface area contributed by atoms with Gasteiger partial charge in [0.25, 0.3) is 11.1 Å². The molecule has 0 bridgehead atoms. The number of amides is 3. The van der Waals surface area contributed by atoms with Crippen molar-refractivity contribution in [3.8, 4) is 11.5 Å². The minimum absolute atomic E-state index is 0.222. The third kappa shape index (κ3) is 4.72. The molecular formula is C20H17ClN2O5S. The van der Waals surface area contributed by atoms with Gasteiger partial charge in [-0.15, -0.1) is 0 Å². The lowest BCUT2D eigenvalue weighted by Gasteiger charge is -2.13. The number of nitrogens with zero attached hydrogens (tertiary/aromatic N) is 1. The maximum absolute atomic E-state index is 12.6. The lowest BCUT2D eigenvalue weighted by molar-refractivity contribution is -0.127. The summed E-state index contributed by atoms with van der Waals surface area (Å²) in [5, 5.41) is 2.43. The van der Waals surface area contributed by atoms with Crippen molar-refractivity contribution < 1.29 is 23.9 Å². The van der Waals surface area contributed by atoms with Crippen LogP contribution >= 0.6 is 23.4 Å². The molecule has 1 aliphatic rings. The van der Waals surface area contributed by atoms with Gasteiger partial charge in [-0.25, -0.2) is 0 Å². The number of hydrogen-bond donors (Lipinski definition) is 1. The van der Waals surface area contributed by atoms with Crippen LogP contribution in [-0.2, 0) is 9.59 Å². The van der Waals surface area contributed by atoms with Gasteiger partial charge in [0.1, 0.15) is 18.0 Å². The van der Waals surface area contributed by atoms with Gasteiger partial charge in [0, 0.05) is 11.3 Å². The number of anilines is 1. The predicted molar refractivity (Wildman–Crippen MR) is 112 cm³/mol. The van der Waals surface area contributed by atoms with E-state index in [2.05, 4.69) is 5.32 Å². The Balaban J connectivity index is 1.71. The van der Waals surface area contributed by atoms with E-state index in [1.807, 2.05) is 0 Å². The number of para-hydroxylation sites is 1. The third-order valence-electron chi connectivity index (χ3n) is 4.04. The molecule has 1 saturated heterocycles. The molecule has 0 aliphatic carbocycles. The number of ether oxygens (including phenoxy) is 2. The number of carbonyl (C=O) groups is 3. The molecule has 0 spiro atoms. The average molecular weight is 433 g/mol. The Hall–Kier alpha value is -2.97. The van der Waals surface area contributed by atoms with Gasteiger partial charge >= 0.3 is 0 Å². The quantitative estimate of drug-likeness (QED) is 0.693. The summed E-state index contributed by atoms with van der Waals surface area (Å²) in [5.74, 6) is -0.00796. The highest BCUT2D eigenvalue weighted by molar-refractivity contribution is 8.18. The zero-order valence-corrected chi connectivity index (χ0v) is 17.2. The normalized spacial score (nSPS) is 15.0. The Morgan fingerprint density at radius 2 is 1.86 bits per heavy atom. The van der Waals surface area contributed by atoms with Crippen LogP contribution in [0.25, 0.3) is 6.08 Å². The molecule has 3 amide bonds. The molecule has 1 fully saturated rings. The summed E-state index contributed by atoms with van der Waals surface area (Å²) in [7, 11) is 3.01. The fraction of sp³-hybridized carbons (Fsp3) is 0.150. The number of methoxy groups -OCH3 is 2. The predicted octanol–water partition coefficient (Wildman–Crippen LogP) is 4.03. The largest absolute Gasteiger partial charge is 0.496 e. The Morgan fingerprint density at radius 3 is 2.55 bits per heavy atom. The van der Waals surface area contributed by atoms with Crippen LogP contribution in [0.2, 0.25) is 5.02 Å². The number of thioether (sulfide) groups is 1. The third-order valence-corrected chi connectivity index (χ3v) is 5.24. The number of carbonyl (C=O) groups excluding carboxylic acids is 3. The van der Waals surface area contributed by atoms with E-state index in [4.69, 9.17) is 21.1 Å². The maximum Gasteiger partial charge on any atom is 0.294 e. The Labute approximate surface area is 176 Å². The molecule has 1 aliphatic heterocycles. The van der Waals surface area contributed by atoms with Crippen molar-refractivity contribution in [2.75, 3.05) is 26.1 Å². The molecule has 0 radical (unpaired) electrons. The molecule has 0 unspecified atom stereocenters. The highest BCUT2D eigenvalue weighted by Gasteiger charge is 2.36. The number of benzene rings is 2. The van der Waals surface area contributed by atoms with Gasteiger partial charge in [-0.1, -0.05) is 29.8 Å². The van der Waals surface area contributed by atoms with Gasteiger partial charge in [-0.2, -0.15) is 0 Å². The molecule has 3 rings (SSSR count). The first-order valence-electron chi connectivity index (χ1n) is 8.44. The highest BCUT2D eigenvalue weighted by Crippen LogP contribution is 2.34. The molecule has 2 aromatic carbocycles. The average Bonchev–Trinajstić information content (AvgIpc) is 2.96. The second-order valence-electron chi connectivity index (χ2n) is 5.91. The minimum atomic E-state index is -0.534. The van der Waals surface area contributed by atoms with Crippen LogP contribution in [0.4, 0.5) is 10.5 Å². The molecule has 0 aromatic heterocycles. The summed E-state index contributed by atoms with van der Waals surface area (Å²) in [6, 6.07) is 11.9. The summed E-state index contributed by atoms with van der Waals surface area (Å²) >= 11 is 6.81. The molecule has 7 nitrogen and oxygen atoms in total. The molecule has 1 N–H and O–H groups in total. The van der Waals surface area contributed by atoms with Crippen LogP contribution in [0.5, 0.6) is 11.5 Å². The van der Waals surface area contributed by atoms with Gasteiger partial charge in [-0.05, 0) is 42.1 Å². The van der Waals surface area contributed by atoms with E-state index in [-0.39, 0.29) is 4.91 Å². The SMILES string of the molecule is COc1ccc(NC(=O)CN2C(=O)S/C(=C\c3ccccc3OC)C2=O)cc1Cl. The first kappa shape index (κ1) is 20.8. The number of nitrogens with one attached hydrogen (secondary N) is 1. The maximum atomic E-state index is 12.6. The highest BCUT2D eigenvalue weighted by atomic mass is 35.5. The molecule has 2 aromatic rings. The van der Waals surface area contributed by atoms with Crippen molar-refractivity contribution in [1.82, 2.24) is 4.90 Å². The van der Waals surface area contributed by atoms with Crippen molar-refractivity contribution in [1.29, 1.82) is 0 Å². The second kappa shape index (κ2) is 9.02. The van der Waals surface area contributed by atoms with E-state index in [1.165, 1.54) is 20.3 Å². The summed E-state index contributed by atoms with van der Waals surface area (Å²) in [6.45, 7) is -0.405. The Morgan fingerprint density at radius 1 is 1.14 bits per heavy atom. The molecule has 0 atom stereocenters. The molecule has 9 heteroatoms. The molecule has 150 valence electrons. The van der Waals surface area contributed by atoms with Crippen LogP contribution in [0.15, 0.2) is 47.4 Å². The monoisotopic (exact) mass is 432 g/mol. The Kier molecular flexibility index (Phi) is 6.46. The molecule has 29 heavy (non-hydrogen) atoms. The smallest absolute Gasteiger partial charge is 0.294 e. The van der Waals surface area contributed by atoms with Gasteiger partial charge in [0.2, 0.25) is 5.91 Å². The minimum Gasteiger partial charge on any atom is -0.496 e. The zero-order chi connectivity index (χ0) is 21.0. The van der Waals surface area contributed by atoms with Crippen LogP contribution < -0.4 is 14.8 Å². The van der Waals surface area contributed by atoms with E-state index in [9.17, 15) is 14.4 Å². The number of imide groups is 1. The van der Waals surface area contributed by atoms with Gasteiger partial charge in [-0.3, -0.25) is 19.3 Å². The van der Waals surface area contributed by atoms with E-state index in [0.717, 1.165) is 16.7 Å². The second-order valence-corrected chi connectivity index (χ2v) is 7.31. The Bertz CT molecular complexity index is 1010. The lowest BCUT2D eigenvalue weighted by Crippen LogP contribution is -2.36. The summed E-state index contributed by atoms with van der Waals surface area (Å²) in [6.07, 6.45) is 1.57. The van der Waals surface area contributed by atoms with Crippen molar-refractivity contribution in [3.63, 3.8) is 0 Å². The first-order chi connectivity index (χ1) is 13.9. The summed E-state index contributed by atoms with van der Waals surface area (Å²) in [4.78, 5) is 38.3. The molecule has 0 saturated carbocycles. The van der Waals surface area contributed by atoms with E-state index in [1.54, 1.807) is 42.5 Å². The van der Waals surface area contributed by atoms with Crippen molar-refractivity contribution in [3.05, 3.63) is 58.0 Å².